The van der Waals surface area contributed by atoms with Crippen LogP contribution in [0.5, 0.6) is 0 Å². The topological polar surface area (TPSA) is 92.7 Å². The van der Waals surface area contributed by atoms with Gasteiger partial charge in [0.2, 0.25) is 0 Å². The zero-order valence-corrected chi connectivity index (χ0v) is 13.3. The van der Waals surface area contributed by atoms with Crippen molar-refractivity contribution >= 4 is 11.8 Å². The van der Waals surface area contributed by atoms with Crippen molar-refractivity contribution in [1.29, 1.82) is 0 Å². The first-order valence-corrected chi connectivity index (χ1v) is 7.43. The van der Waals surface area contributed by atoms with Crippen LogP contribution in [-0.4, -0.2) is 57.3 Å². The van der Waals surface area contributed by atoms with Gasteiger partial charge in [0.25, 0.3) is 11.8 Å². The van der Waals surface area contributed by atoms with E-state index in [2.05, 4.69) is 9.97 Å². The predicted octanol–water partition coefficient (Wildman–Crippen LogP) is 1.27. The Kier molecular flexibility index (Phi) is 3.89. The van der Waals surface area contributed by atoms with Gasteiger partial charge in [0.1, 0.15) is 11.5 Å². The van der Waals surface area contributed by atoms with Crippen molar-refractivity contribution in [3.05, 3.63) is 35.7 Å². The largest absolute Gasteiger partial charge is 0.448 e. The van der Waals surface area contributed by atoms with Crippen molar-refractivity contribution in [3.8, 4) is 0 Å². The van der Waals surface area contributed by atoms with Gasteiger partial charge in [0, 0.05) is 19.6 Å². The van der Waals surface area contributed by atoms with Gasteiger partial charge in [-0.15, -0.1) is 0 Å². The van der Waals surface area contributed by atoms with Crippen molar-refractivity contribution in [2.45, 2.75) is 26.8 Å². The van der Waals surface area contributed by atoms with Crippen LogP contribution in [-0.2, 0) is 0 Å². The summed E-state index contributed by atoms with van der Waals surface area (Å²) in [4.78, 5) is 36.1. The smallest absolute Gasteiger partial charge is 0.276 e. The van der Waals surface area contributed by atoms with Crippen LogP contribution in [0.2, 0.25) is 0 Å². The Morgan fingerprint density at radius 3 is 2.22 bits per heavy atom. The lowest BCUT2D eigenvalue weighted by atomic mass is 10.1. The quantitative estimate of drug-likeness (QED) is 0.843. The highest BCUT2D eigenvalue weighted by Gasteiger charge is 2.39. The summed E-state index contributed by atoms with van der Waals surface area (Å²) in [5.41, 5.74) is 0.647. The Morgan fingerprint density at radius 2 is 1.74 bits per heavy atom. The maximum absolute atomic E-state index is 12.5. The fourth-order valence-corrected chi connectivity index (χ4v) is 2.69. The third-order valence-corrected chi connectivity index (χ3v) is 4.09. The first-order chi connectivity index (χ1) is 11.0. The van der Waals surface area contributed by atoms with Gasteiger partial charge in [-0.3, -0.25) is 9.59 Å². The van der Waals surface area contributed by atoms with E-state index in [1.165, 1.54) is 12.8 Å². The molecule has 2 aromatic rings. The number of aromatic nitrogens is 2. The van der Waals surface area contributed by atoms with Crippen LogP contribution in [0.4, 0.5) is 0 Å². The van der Waals surface area contributed by atoms with Crippen LogP contribution in [0.15, 0.2) is 21.6 Å². The van der Waals surface area contributed by atoms with Crippen molar-refractivity contribution in [3.63, 3.8) is 0 Å². The molecule has 1 fully saturated rings. The minimum atomic E-state index is -0.173. The zero-order valence-electron chi connectivity index (χ0n) is 13.3. The molecule has 23 heavy (non-hydrogen) atoms. The fourth-order valence-electron chi connectivity index (χ4n) is 2.69. The summed E-state index contributed by atoms with van der Waals surface area (Å²) in [6.45, 7) is 6.80. The van der Waals surface area contributed by atoms with E-state index >= 15 is 0 Å². The summed E-state index contributed by atoms with van der Waals surface area (Å²) in [5, 5.41) is 0. The van der Waals surface area contributed by atoms with E-state index in [1.54, 1.807) is 23.6 Å². The molecule has 0 spiro atoms. The van der Waals surface area contributed by atoms with Gasteiger partial charge >= 0.3 is 0 Å². The predicted molar refractivity (Wildman–Crippen MR) is 78.9 cm³/mol. The molecule has 2 amide bonds. The minimum absolute atomic E-state index is 0.0280. The highest BCUT2D eigenvalue weighted by atomic mass is 16.3. The third kappa shape index (κ3) is 2.60. The Hall–Kier alpha value is -2.64. The molecule has 1 aliphatic rings. The third-order valence-electron chi connectivity index (χ3n) is 4.09. The lowest BCUT2D eigenvalue weighted by Crippen LogP contribution is -2.62. The Bertz CT molecular complexity index is 729. The molecule has 0 aromatic carbocycles. The summed E-state index contributed by atoms with van der Waals surface area (Å²) < 4.78 is 10.1. The number of aryl methyl sites for hydroxylation is 2. The average Bonchev–Trinajstić information content (AvgIpc) is 3.09. The van der Waals surface area contributed by atoms with Gasteiger partial charge in [0.05, 0.1) is 6.04 Å². The summed E-state index contributed by atoms with van der Waals surface area (Å²) in [5.74, 6) is 0.654. The molecular weight excluding hydrogens is 300 g/mol. The van der Waals surface area contributed by atoms with E-state index in [4.69, 9.17) is 8.83 Å². The standard InChI is InChI=1S/C15H18N4O4/c1-4-19(15(21)13-10(3)23-8-17-13)11-5-18(6-11)14(20)12-9(2)22-7-16-12/h7-8,11H,4-6H2,1-3H3. The van der Waals surface area contributed by atoms with Crippen LogP contribution in [0.1, 0.15) is 39.4 Å². The molecular formula is C15H18N4O4. The first-order valence-electron chi connectivity index (χ1n) is 7.43. The van der Waals surface area contributed by atoms with Crippen LogP contribution >= 0.6 is 0 Å². The number of hydrogen-bond donors (Lipinski definition) is 0. The number of amides is 2. The second kappa shape index (κ2) is 5.86. The Morgan fingerprint density at radius 1 is 1.17 bits per heavy atom. The number of rotatable bonds is 4. The number of nitrogens with zero attached hydrogens (tertiary/aromatic N) is 4. The molecule has 2 aromatic heterocycles. The lowest BCUT2D eigenvalue weighted by molar-refractivity contribution is 0.0237. The molecule has 3 heterocycles. The molecule has 1 aliphatic heterocycles. The number of hydrogen-bond acceptors (Lipinski definition) is 6. The molecule has 0 aliphatic carbocycles. The molecule has 8 nitrogen and oxygen atoms in total. The molecule has 1 saturated heterocycles. The van der Waals surface area contributed by atoms with Crippen LogP contribution in [0.3, 0.4) is 0 Å². The van der Waals surface area contributed by atoms with E-state index in [0.29, 0.717) is 42.5 Å². The van der Waals surface area contributed by atoms with Crippen molar-refractivity contribution in [2.75, 3.05) is 19.6 Å². The van der Waals surface area contributed by atoms with E-state index in [9.17, 15) is 9.59 Å². The minimum Gasteiger partial charge on any atom is -0.448 e. The number of likely N-dealkylation sites (N-methyl/N-ethyl adjacent to an activating group) is 1. The first kappa shape index (κ1) is 15.3. The van der Waals surface area contributed by atoms with Crippen molar-refractivity contribution in [1.82, 2.24) is 19.8 Å². The van der Waals surface area contributed by atoms with Gasteiger partial charge < -0.3 is 18.6 Å². The second-order valence-electron chi connectivity index (χ2n) is 5.47. The van der Waals surface area contributed by atoms with Crippen LogP contribution < -0.4 is 0 Å². The molecule has 0 bridgehead atoms. The monoisotopic (exact) mass is 318 g/mol. The molecule has 0 atom stereocenters. The SMILES string of the molecule is CCN(C(=O)c1ncoc1C)C1CN(C(=O)c2ncoc2C)C1. The molecule has 3 rings (SSSR count). The summed E-state index contributed by atoms with van der Waals surface area (Å²) in [6.07, 6.45) is 2.52. The van der Waals surface area contributed by atoms with Crippen LogP contribution in [0.25, 0.3) is 0 Å². The number of likely N-dealkylation sites (tertiary alicyclic amines) is 1. The average molecular weight is 318 g/mol. The van der Waals surface area contributed by atoms with Gasteiger partial charge in [-0.1, -0.05) is 0 Å². The number of carbonyl (C=O) groups excluding carboxylic acids is 2. The summed E-state index contributed by atoms with van der Waals surface area (Å²) >= 11 is 0. The number of oxazole rings is 2. The molecule has 8 heteroatoms. The fraction of sp³-hybridized carbons (Fsp3) is 0.467. The van der Waals surface area contributed by atoms with Gasteiger partial charge in [-0.2, -0.15) is 0 Å². The zero-order chi connectivity index (χ0) is 16.6. The Labute approximate surface area is 133 Å². The normalized spacial score (nSPS) is 14.7. The molecule has 0 saturated carbocycles. The van der Waals surface area contributed by atoms with E-state index in [-0.39, 0.29) is 17.9 Å². The van der Waals surface area contributed by atoms with Crippen LogP contribution in [0, 0.1) is 13.8 Å². The van der Waals surface area contributed by atoms with Crippen molar-refractivity contribution < 1.29 is 18.4 Å². The summed E-state index contributed by atoms with van der Waals surface area (Å²) in [6, 6.07) is -0.0280. The highest BCUT2D eigenvalue weighted by molar-refractivity contribution is 5.95. The Balaban J connectivity index is 1.65. The number of carbonyl (C=O) groups is 2. The molecule has 0 radical (unpaired) electrons. The van der Waals surface area contributed by atoms with Gasteiger partial charge in [-0.25, -0.2) is 9.97 Å². The summed E-state index contributed by atoms with van der Waals surface area (Å²) in [7, 11) is 0. The molecule has 122 valence electrons. The van der Waals surface area contributed by atoms with E-state index in [1.807, 2.05) is 6.92 Å². The van der Waals surface area contributed by atoms with E-state index < -0.39 is 0 Å². The highest BCUT2D eigenvalue weighted by Crippen LogP contribution is 2.21. The molecule has 0 N–H and O–H groups in total. The van der Waals surface area contributed by atoms with Gasteiger partial charge in [-0.05, 0) is 20.8 Å². The van der Waals surface area contributed by atoms with Gasteiger partial charge in [0.15, 0.2) is 24.2 Å². The van der Waals surface area contributed by atoms with Crippen molar-refractivity contribution in [2.24, 2.45) is 0 Å². The maximum atomic E-state index is 12.5. The molecule has 0 unspecified atom stereocenters. The van der Waals surface area contributed by atoms with E-state index in [0.717, 1.165) is 0 Å². The second-order valence-corrected chi connectivity index (χ2v) is 5.47. The maximum Gasteiger partial charge on any atom is 0.276 e. The lowest BCUT2D eigenvalue weighted by Gasteiger charge is -2.44.